The number of Topliss-reactive ketones (excluding diaryl/α,β-unsaturated/α-hetero) is 3. The first-order valence-electron chi connectivity index (χ1n) is 24.1. The number of carbonyl (C=O) groups is 4. The molecule has 0 aromatic carbocycles. The number of unbranched alkanes of at least 4 members (excludes halogenated alkanes) is 8. The van der Waals surface area contributed by atoms with Crippen molar-refractivity contribution >= 4 is 23.4 Å². The molecule has 9 heteroatoms. The minimum Gasteiger partial charge on any atom is -0.449 e. The van der Waals surface area contributed by atoms with Crippen molar-refractivity contribution in [3.63, 3.8) is 0 Å². The molecule has 2 aliphatic heterocycles. The van der Waals surface area contributed by atoms with Gasteiger partial charge in [-0.05, 0) is 114 Å². The molecule has 2 aliphatic rings. The first-order valence-corrected chi connectivity index (χ1v) is 24.1. The first-order chi connectivity index (χ1) is 27.1. The summed E-state index contributed by atoms with van der Waals surface area (Å²) in [6.45, 7) is 39.9. The summed E-state index contributed by atoms with van der Waals surface area (Å²) in [5, 5.41) is 7.44. The van der Waals surface area contributed by atoms with Crippen molar-refractivity contribution in [3.05, 3.63) is 0 Å². The summed E-state index contributed by atoms with van der Waals surface area (Å²) in [4.78, 5) is 59.3. The Kier molecular flexibility index (Phi) is 18.8. The number of nitrogens with zero attached hydrogens (tertiary/aromatic N) is 2. The van der Waals surface area contributed by atoms with Crippen LogP contribution in [-0.4, -0.2) is 92.7 Å². The maximum Gasteiger partial charge on any atom is 0.409 e. The zero-order chi connectivity index (χ0) is 46.2. The lowest BCUT2D eigenvalue weighted by molar-refractivity contribution is -0.141. The zero-order valence-corrected chi connectivity index (χ0v) is 42.6. The Hall–Kier alpha value is -1.84. The lowest BCUT2D eigenvalue weighted by Crippen LogP contribution is -2.63. The van der Waals surface area contributed by atoms with Gasteiger partial charge in [0, 0.05) is 46.0 Å². The van der Waals surface area contributed by atoms with Crippen LogP contribution in [-0.2, 0) is 19.1 Å². The van der Waals surface area contributed by atoms with Crippen LogP contribution in [0, 0.1) is 16.2 Å². The van der Waals surface area contributed by atoms with Gasteiger partial charge in [-0.1, -0.05) is 120 Å². The average molecular weight is 845 g/mol. The Morgan fingerprint density at radius 2 is 1.07 bits per heavy atom. The summed E-state index contributed by atoms with van der Waals surface area (Å²) in [5.74, 6) is 0.830. The van der Waals surface area contributed by atoms with Gasteiger partial charge in [-0.15, -0.1) is 0 Å². The summed E-state index contributed by atoms with van der Waals surface area (Å²) in [7, 11) is 0. The molecule has 60 heavy (non-hydrogen) atoms. The number of amides is 1. The fourth-order valence-electron chi connectivity index (χ4n) is 10.6. The van der Waals surface area contributed by atoms with Gasteiger partial charge < -0.3 is 15.0 Å². The van der Waals surface area contributed by atoms with E-state index < -0.39 is 21.9 Å². The van der Waals surface area contributed by atoms with Crippen molar-refractivity contribution in [1.29, 1.82) is 0 Å². The molecule has 0 aromatic heterocycles. The highest BCUT2D eigenvalue weighted by molar-refractivity contribution is 5.94. The standard InChI is InChI=1S/C51H96N4O5/c1-43(2,3)39(56)49(52-46(10,11)12,31-26-22-23-27-32-51(41(58)45(7,8)9)33-29-35-55(51)48(16,17)18)30-25-21-19-20-24-28-37-60-42(59)54-36-34-50(38-54,53-47(13,14)15)40(57)44(4,5)6/h52-53H,19-38H2,1-18H3/t49?,50-,51-/m0/s1. The summed E-state index contributed by atoms with van der Waals surface area (Å²) in [6, 6.07) is 0. The van der Waals surface area contributed by atoms with Gasteiger partial charge in [0.1, 0.15) is 0 Å². The Morgan fingerprint density at radius 1 is 0.567 bits per heavy atom. The zero-order valence-electron chi connectivity index (χ0n) is 42.6. The summed E-state index contributed by atoms with van der Waals surface area (Å²) >= 11 is 0. The lowest BCUT2D eigenvalue weighted by Gasteiger charge is -2.48. The van der Waals surface area contributed by atoms with E-state index in [0.717, 1.165) is 103 Å². The maximum atomic E-state index is 14.4. The van der Waals surface area contributed by atoms with E-state index in [4.69, 9.17) is 4.74 Å². The minimum atomic E-state index is -0.769. The van der Waals surface area contributed by atoms with Crippen LogP contribution in [0.15, 0.2) is 0 Å². The van der Waals surface area contributed by atoms with Crippen molar-refractivity contribution in [1.82, 2.24) is 20.4 Å². The second-order valence-electron chi connectivity index (χ2n) is 25.2. The van der Waals surface area contributed by atoms with Crippen molar-refractivity contribution in [2.75, 3.05) is 26.2 Å². The monoisotopic (exact) mass is 845 g/mol. The topological polar surface area (TPSA) is 108 Å². The van der Waals surface area contributed by atoms with Gasteiger partial charge in [-0.3, -0.25) is 24.6 Å². The molecule has 2 heterocycles. The predicted molar refractivity (Wildman–Crippen MR) is 251 cm³/mol. The molecule has 0 aromatic rings. The quantitative estimate of drug-likeness (QED) is 0.110. The van der Waals surface area contributed by atoms with Gasteiger partial charge in [0.15, 0.2) is 17.3 Å². The number of likely N-dealkylation sites (tertiary alicyclic amines) is 2. The fourth-order valence-corrected chi connectivity index (χ4v) is 10.6. The third-order valence-corrected chi connectivity index (χ3v) is 12.6. The second-order valence-corrected chi connectivity index (χ2v) is 25.2. The summed E-state index contributed by atoms with van der Waals surface area (Å²) < 4.78 is 5.71. The Bertz CT molecular complexity index is 1420. The van der Waals surface area contributed by atoms with Gasteiger partial charge in [0.2, 0.25) is 0 Å². The van der Waals surface area contributed by atoms with Gasteiger partial charge in [0.05, 0.1) is 23.2 Å². The van der Waals surface area contributed by atoms with E-state index in [2.05, 4.69) is 119 Å². The average Bonchev–Trinajstić information content (AvgIpc) is 3.71. The molecule has 350 valence electrons. The molecule has 2 fully saturated rings. The number of hydrogen-bond donors (Lipinski definition) is 2. The van der Waals surface area contributed by atoms with Crippen molar-refractivity contribution < 1.29 is 23.9 Å². The van der Waals surface area contributed by atoms with E-state index in [9.17, 15) is 19.2 Å². The molecule has 0 radical (unpaired) electrons. The maximum absolute atomic E-state index is 14.4. The Morgan fingerprint density at radius 3 is 1.53 bits per heavy atom. The predicted octanol–water partition coefficient (Wildman–Crippen LogP) is 11.6. The minimum absolute atomic E-state index is 0.0551. The summed E-state index contributed by atoms with van der Waals surface area (Å²) in [6.07, 6.45) is 14.9. The van der Waals surface area contributed by atoms with Crippen LogP contribution in [0.2, 0.25) is 0 Å². The van der Waals surface area contributed by atoms with Crippen molar-refractivity contribution in [2.45, 2.75) is 261 Å². The van der Waals surface area contributed by atoms with Crippen LogP contribution >= 0.6 is 0 Å². The molecule has 0 bridgehead atoms. The molecule has 0 saturated carbocycles. The van der Waals surface area contributed by atoms with E-state index >= 15 is 0 Å². The summed E-state index contributed by atoms with van der Waals surface area (Å²) in [5.41, 5.74) is -3.63. The highest BCUT2D eigenvalue weighted by atomic mass is 16.6. The van der Waals surface area contributed by atoms with Crippen molar-refractivity contribution in [3.8, 4) is 0 Å². The number of nitrogens with one attached hydrogen (secondary N) is 2. The van der Waals surface area contributed by atoms with E-state index in [1.165, 1.54) is 0 Å². The Balaban J connectivity index is 1.94. The van der Waals surface area contributed by atoms with Gasteiger partial charge in [-0.2, -0.15) is 0 Å². The molecule has 2 N–H and O–H groups in total. The van der Waals surface area contributed by atoms with Crippen LogP contribution in [0.25, 0.3) is 0 Å². The normalized spacial score (nSPS) is 22.3. The SMILES string of the molecule is CC(C)(C)NC(CCCCCCCCOC(=O)N1CC[C@@](NC(C)(C)C)(C(=O)C(C)(C)C)C1)(CCCCCC[C@@]1(C(=O)C(C)(C)C)CCCN1C(C)(C)C)C(=O)C(C)(C)C. The highest BCUT2D eigenvalue weighted by Gasteiger charge is 2.54. The molecular weight excluding hydrogens is 749 g/mol. The third kappa shape index (κ3) is 15.7. The lowest BCUT2D eigenvalue weighted by atomic mass is 9.71. The third-order valence-electron chi connectivity index (χ3n) is 12.6. The molecular formula is C51H96N4O5. The molecule has 0 spiro atoms. The fraction of sp³-hybridized carbons (Fsp3) is 0.922. The Labute approximate surface area is 369 Å². The molecule has 9 nitrogen and oxygen atoms in total. The number of ether oxygens (including phenoxy) is 1. The smallest absolute Gasteiger partial charge is 0.409 e. The molecule has 2 rings (SSSR count). The second kappa shape index (κ2) is 20.8. The molecule has 1 unspecified atom stereocenters. The van der Waals surface area contributed by atoms with Crippen LogP contribution in [0.1, 0.15) is 227 Å². The number of rotatable bonds is 21. The highest BCUT2D eigenvalue weighted by Crippen LogP contribution is 2.44. The van der Waals surface area contributed by atoms with Gasteiger partial charge in [-0.25, -0.2) is 4.79 Å². The van der Waals surface area contributed by atoms with Crippen LogP contribution in [0.5, 0.6) is 0 Å². The number of ketones is 3. The molecule has 1 amide bonds. The van der Waals surface area contributed by atoms with Crippen molar-refractivity contribution in [2.24, 2.45) is 16.2 Å². The first kappa shape index (κ1) is 54.3. The molecule has 2 saturated heterocycles. The van der Waals surface area contributed by atoms with Crippen LogP contribution < -0.4 is 10.6 Å². The van der Waals surface area contributed by atoms with E-state index in [0.29, 0.717) is 37.7 Å². The number of carbonyl (C=O) groups excluding carboxylic acids is 4. The van der Waals surface area contributed by atoms with Crippen LogP contribution in [0.3, 0.4) is 0 Å². The largest absolute Gasteiger partial charge is 0.449 e. The van der Waals surface area contributed by atoms with Gasteiger partial charge >= 0.3 is 6.09 Å². The van der Waals surface area contributed by atoms with E-state index in [-0.39, 0.29) is 39.4 Å². The van der Waals surface area contributed by atoms with Crippen LogP contribution in [0.4, 0.5) is 4.79 Å². The van der Waals surface area contributed by atoms with E-state index in [1.54, 1.807) is 4.90 Å². The molecule has 0 aliphatic carbocycles. The van der Waals surface area contributed by atoms with E-state index in [1.807, 2.05) is 20.8 Å². The number of hydrogen-bond acceptors (Lipinski definition) is 8. The van der Waals surface area contributed by atoms with Gasteiger partial charge in [0.25, 0.3) is 0 Å². The molecule has 3 atom stereocenters.